The summed E-state index contributed by atoms with van der Waals surface area (Å²) in [4.78, 5) is 30.0. The number of hydrogen-bond donors (Lipinski definition) is 1. The Kier molecular flexibility index (Phi) is 4.69. The average Bonchev–Trinajstić information content (AvgIpc) is 2.97. The number of nitrogens with zero attached hydrogens (tertiary/aromatic N) is 2. The van der Waals surface area contributed by atoms with E-state index >= 15 is 0 Å². The number of rotatable bonds is 5. The van der Waals surface area contributed by atoms with Crippen LogP contribution < -0.4 is 15.0 Å². The number of carboxylic acid groups (broad SMARTS) is 1. The Hall–Kier alpha value is -2.87. The predicted molar refractivity (Wildman–Crippen MR) is 99.5 cm³/mol. The highest BCUT2D eigenvalue weighted by Gasteiger charge is 2.22. The van der Waals surface area contributed by atoms with Crippen LogP contribution in [0.15, 0.2) is 29.3 Å². The molecule has 0 amide bonds. The molecular weight excluding hydrogens is 356 g/mol. The van der Waals surface area contributed by atoms with Crippen LogP contribution in [0.1, 0.15) is 17.8 Å². The van der Waals surface area contributed by atoms with Crippen LogP contribution >= 0.6 is 11.3 Å². The van der Waals surface area contributed by atoms with Gasteiger partial charge in [0.05, 0.1) is 25.9 Å². The fourth-order valence-corrected chi connectivity index (χ4v) is 3.85. The van der Waals surface area contributed by atoms with Crippen LogP contribution in [0, 0.1) is 6.92 Å². The number of aliphatic carboxylic acids is 1. The van der Waals surface area contributed by atoms with Crippen LogP contribution in [0.5, 0.6) is 11.5 Å². The molecule has 1 atom stereocenters. The van der Waals surface area contributed by atoms with E-state index in [-0.39, 0.29) is 5.56 Å². The molecule has 0 radical (unpaired) electrons. The molecule has 0 unspecified atom stereocenters. The summed E-state index contributed by atoms with van der Waals surface area (Å²) >= 11 is 1.40. The van der Waals surface area contributed by atoms with Gasteiger partial charge in [0.25, 0.3) is 5.56 Å². The number of aromatic nitrogens is 2. The summed E-state index contributed by atoms with van der Waals surface area (Å²) in [6, 6.07) is 4.40. The third kappa shape index (κ3) is 2.82. The number of carbonyl (C=O) groups is 1. The number of ether oxygens (including phenoxy) is 2. The second-order valence-electron chi connectivity index (χ2n) is 5.75. The lowest BCUT2D eigenvalue weighted by Crippen LogP contribution is -2.28. The van der Waals surface area contributed by atoms with Gasteiger partial charge in [0.1, 0.15) is 10.9 Å². The SMILES string of the molecule is COc1ccc(-c2c(C)sc3ncn([C@@H](C)C(=O)O)c(=O)c23)cc1OC. The van der Waals surface area contributed by atoms with Gasteiger partial charge in [0.15, 0.2) is 11.5 Å². The molecule has 136 valence electrons. The molecule has 0 aliphatic heterocycles. The van der Waals surface area contributed by atoms with E-state index < -0.39 is 12.0 Å². The number of fused-ring (bicyclic) bond motifs is 1. The van der Waals surface area contributed by atoms with Gasteiger partial charge in [-0.25, -0.2) is 9.78 Å². The molecule has 0 spiro atoms. The molecule has 2 aromatic heterocycles. The van der Waals surface area contributed by atoms with Crippen molar-refractivity contribution in [3.05, 3.63) is 39.8 Å². The van der Waals surface area contributed by atoms with Crippen molar-refractivity contribution in [1.82, 2.24) is 9.55 Å². The van der Waals surface area contributed by atoms with Crippen molar-refractivity contribution < 1.29 is 19.4 Å². The molecule has 1 N–H and O–H groups in total. The van der Waals surface area contributed by atoms with Crippen molar-refractivity contribution >= 4 is 27.5 Å². The third-order valence-electron chi connectivity index (χ3n) is 4.26. The van der Waals surface area contributed by atoms with E-state index in [9.17, 15) is 14.7 Å². The van der Waals surface area contributed by atoms with Crippen molar-refractivity contribution in [2.45, 2.75) is 19.9 Å². The maximum Gasteiger partial charge on any atom is 0.326 e. The zero-order valence-electron chi connectivity index (χ0n) is 14.8. The second-order valence-corrected chi connectivity index (χ2v) is 6.96. The Balaban J connectivity index is 2.30. The molecule has 0 saturated heterocycles. The predicted octanol–water partition coefficient (Wildman–Crippen LogP) is 3.10. The lowest BCUT2D eigenvalue weighted by atomic mass is 10.0. The fourth-order valence-electron chi connectivity index (χ4n) is 2.85. The number of hydrogen-bond acceptors (Lipinski definition) is 6. The van der Waals surface area contributed by atoms with Crippen LogP contribution in [0.25, 0.3) is 21.3 Å². The van der Waals surface area contributed by atoms with E-state index in [1.54, 1.807) is 26.4 Å². The van der Waals surface area contributed by atoms with E-state index in [0.29, 0.717) is 21.7 Å². The number of benzene rings is 1. The smallest absolute Gasteiger partial charge is 0.326 e. The minimum atomic E-state index is -1.09. The summed E-state index contributed by atoms with van der Waals surface area (Å²) in [5.74, 6) is 0.0446. The molecule has 7 nitrogen and oxygen atoms in total. The lowest BCUT2D eigenvalue weighted by molar-refractivity contribution is -0.140. The van der Waals surface area contributed by atoms with E-state index in [1.165, 1.54) is 24.6 Å². The third-order valence-corrected chi connectivity index (χ3v) is 5.27. The van der Waals surface area contributed by atoms with Gasteiger partial charge < -0.3 is 14.6 Å². The first kappa shape index (κ1) is 17.9. The van der Waals surface area contributed by atoms with Crippen molar-refractivity contribution in [3.8, 4) is 22.6 Å². The van der Waals surface area contributed by atoms with Gasteiger partial charge in [-0.2, -0.15) is 0 Å². The Morgan fingerprint density at radius 2 is 1.96 bits per heavy atom. The topological polar surface area (TPSA) is 90.7 Å². The van der Waals surface area contributed by atoms with E-state index in [1.807, 2.05) is 13.0 Å². The van der Waals surface area contributed by atoms with Crippen LogP contribution in [0.2, 0.25) is 0 Å². The van der Waals surface area contributed by atoms with Crippen LogP contribution in [0.4, 0.5) is 0 Å². The minimum Gasteiger partial charge on any atom is -0.493 e. The monoisotopic (exact) mass is 374 g/mol. The lowest BCUT2D eigenvalue weighted by Gasteiger charge is -2.11. The molecule has 0 aliphatic rings. The number of thiophene rings is 1. The zero-order chi connectivity index (χ0) is 19.0. The number of carboxylic acids is 1. The van der Waals surface area contributed by atoms with Gasteiger partial charge in [-0.15, -0.1) is 11.3 Å². The van der Waals surface area contributed by atoms with E-state index in [0.717, 1.165) is 20.6 Å². The molecule has 26 heavy (non-hydrogen) atoms. The molecular formula is C18H18N2O5S. The molecule has 2 heterocycles. The standard InChI is InChI=1S/C18H18N2O5S/c1-9(18(22)23)20-8-19-16-15(17(20)21)14(10(2)26-16)11-5-6-12(24-3)13(7-11)25-4/h5-9H,1-4H3,(H,22,23)/t9-/m0/s1. The summed E-state index contributed by atoms with van der Waals surface area (Å²) in [5, 5.41) is 9.65. The van der Waals surface area contributed by atoms with Gasteiger partial charge in [0.2, 0.25) is 0 Å². The Morgan fingerprint density at radius 3 is 2.58 bits per heavy atom. The van der Waals surface area contributed by atoms with E-state index in [2.05, 4.69) is 4.98 Å². The van der Waals surface area contributed by atoms with Crippen LogP contribution in [-0.4, -0.2) is 34.8 Å². The molecule has 3 rings (SSSR count). The van der Waals surface area contributed by atoms with Crippen molar-refractivity contribution in [2.24, 2.45) is 0 Å². The highest BCUT2D eigenvalue weighted by molar-refractivity contribution is 7.19. The Labute approximate surface area is 153 Å². The maximum absolute atomic E-state index is 13.0. The first-order valence-corrected chi connectivity index (χ1v) is 8.66. The van der Waals surface area contributed by atoms with Gasteiger partial charge in [-0.3, -0.25) is 9.36 Å². The van der Waals surface area contributed by atoms with Gasteiger partial charge in [-0.05, 0) is 31.5 Å². The summed E-state index contributed by atoms with van der Waals surface area (Å²) in [7, 11) is 3.10. The zero-order valence-corrected chi connectivity index (χ0v) is 15.6. The minimum absolute atomic E-state index is 0.376. The Bertz CT molecular complexity index is 1050. The van der Waals surface area contributed by atoms with Crippen LogP contribution in [0.3, 0.4) is 0 Å². The molecule has 0 fully saturated rings. The first-order valence-electron chi connectivity index (χ1n) is 7.84. The van der Waals surface area contributed by atoms with Gasteiger partial charge in [-0.1, -0.05) is 6.07 Å². The molecule has 0 saturated carbocycles. The average molecular weight is 374 g/mol. The summed E-state index contributed by atoms with van der Waals surface area (Å²) in [6.07, 6.45) is 1.29. The second kappa shape index (κ2) is 6.80. The number of methoxy groups -OCH3 is 2. The van der Waals surface area contributed by atoms with Crippen LogP contribution in [-0.2, 0) is 4.79 Å². The molecule has 1 aromatic carbocycles. The fraction of sp³-hybridized carbons (Fsp3) is 0.278. The van der Waals surface area contributed by atoms with Crippen molar-refractivity contribution in [2.75, 3.05) is 14.2 Å². The van der Waals surface area contributed by atoms with Gasteiger partial charge in [0, 0.05) is 10.4 Å². The maximum atomic E-state index is 13.0. The normalized spacial score (nSPS) is 12.2. The van der Waals surface area contributed by atoms with Crippen molar-refractivity contribution in [1.29, 1.82) is 0 Å². The Morgan fingerprint density at radius 1 is 1.27 bits per heavy atom. The molecule has 3 aromatic rings. The van der Waals surface area contributed by atoms with Gasteiger partial charge >= 0.3 is 5.97 Å². The molecule has 0 aliphatic carbocycles. The summed E-state index contributed by atoms with van der Waals surface area (Å²) in [6.45, 7) is 3.36. The highest BCUT2D eigenvalue weighted by atomic mass is 32.1. The largest absolute Gasteiger partial charge is 0.493 e. The highest BCUT2D eigenvalue weighted by Crippen LogP contribution is 2.39. The first-order chi connectivity index (χ1) is 12.4. The van der Waals surface area contributed by atoms with Crippen molar-refractivity contribution in [3.63, 3.8) is 0 Å². The summed E-state index contributed by atoms with van der Waals surface area (Å²) in [5.41, 5.74) is 1.14. The van der Waals surface area contributed by atoms with E-state index in [4.69, 9.17) is 9.47 Å². The number of aryl methyl sites for hydroxylation is 1. The summed E-state index contributed by atoms with van der Waals surface area (Å²) < 4.78 is 11.8. The quantitative estimate of drug-likeness (QED) is 0.738. The molecule has 8 heteroatoms. The molecule has 0 bridgehead atoms.